The van der Waals surface area contributed by atoms with Gasteiger partial charge in [0.2, 0.25) is 0 Å². The molecule has 0 amide bonds. The molecular weight excluding hydrogens is 322 g/mol. The fourth-order valence-corrected chi connectivity index (χ4v) is 3.31. The van der Waals surface area contributed by atoms with Crippen LogP contribution in [0, 0.1) is 6.92 Å². The van der Waals surface area contributed by atoms with Crippen molar-refractivity contribution in [3.05, 3.63) is 23.5 Å². The molecule has 1 aromatic rings. The minimum Gasteiger partial charge on any atom is -0.368 e. The Kier molecular flexibility index (Phi) is 13.0. The number of nitrogens with zero attached hydrogens (tertiary/aromatic N) is 2. The number of carbonyl (C=O) groups excluding carboxylic acids is 1. The first-order chi connectivity index (χ1) is 12.4. The van der Waals surface area contributed by atoms with E-state index in [2.05, 4.69) is 49.0 Å². The Bertz CT molecular complexity index is 506. The SMILES string of the molecule is CC.CCCC(C)=O.CCCc1c(N2CC(C)NC(C)C2)ccnc1C. The van der Waals surface area contributed by atoms with Crippen molar-refractivity contribution in [1.29, 1.82) is 0 Å². The van der Waals surface area contributed by atoms with E-state index in [0.717, 1.165) is 32.4 Å². The number of aromatic nitrogens is 1. The van der Waals surface area contributed by atoms with Crippen LogP contribution in [0.5, 0.6) is 0 Å². The van der Waals surface area contributed by atoms with Crippen molar-refractivity contribution in [3.63, 3.8) is 0 Å². The van der Waals surface area contributed by atoms with Gasteiger partial charge in [-0.3, -0.25) is 4.98 Å². The Balaban J connectivity index is 0.000000667. The lowest BCUT2D eigenvalue weighted by Crippen LogP contribution is -2.54. The van der Waals surface area contributed by atoms with Gasteiger partial charge in [0, 0.05) is 49.2 Å². The van der Waals surface area contributed by atoms with Gasteiger partial charge in [-0.15, -0.1) is 0 Å². The van der Waals surface area contributed by atoms with E-state index in [9.17, 15) is 4.79 Å². The molecule has 1 aliphatic heterocycles. The second-order valence-electron chi connectivity index (χ2n) is 6.97. The number of piperazine rings is 1. The van der Waals surface area contributed by atoms with Crippen LogP contribution in [0.15, 0.2) is 12.3 Å². The van der Waals surface area contributed by atoms with Gasteiger partial charge in [0.1, 0.15) is 5.78 Å². The molecule has 1 aliphatic rings. The molecule has 4 nitrogen and oxygen atoms in total. The molecule has 2 atom stereocenters. The zero-order chi connectivity index (χ0) is 20.1. The van der Waals surface area contributed by atoms with Crippen LogP contribution in [0.1, 0.15) is 79.0 Å². The van der Waals surface area contributed by atoms with E-state index in [-0.39, 0.29) is 5.78 Å². The molecule has 4 heteroatoms. The topological polar surface area (TPSA) is 45.2 Å². The number of anilines is 1. The third kappa shape index (κ3) is 8.79. The van der Waals surface area contributed by atoms with Crippen molar-refractivity contribution in [1.82, 2.24) is 10.3 Å². The summed E-state index contributed by atoms with van der Waals surface area (Å²) in [4.78, 5) is 17.0. The first-order valence-electron chi connectivity index (χ1n) is 10.3. The summed E-state index contributed by atoms with van der Waals surface area (Å²) < 4.78 is 0. The highest BCUT2D eigenvalue weighted by Crippen LogP contribution is 2.25. The van der Waals surface area contributed by atoms with Crippen LogP contribution in [-0.4, -0.2) is 35.9 Å². The number of carbonyl (C=O) groups is 1. The lowest BCUT2D eigenvalue weighted by atomic mass is 10.0. The molecule has 0 bridgehead atoms. The van der Waals surface area contributed by atoms with E-state index in [1.165, 1.54) is 23.4 Å². The van der Waals surface area contributed by atoms with Crippen LogP contribution >= 0.6 is 0 Å². The van der Waals surface area contributed by atoms with Gasteiger partial charge < -0.3 is 15.0 Å². The zero-order valence-electron chi connectivity index (χ0n) is 18.4. The Morgan fingerprint density at radius 2 is 1.77 bits per heavy atom. The van der Waals surface area contributed by atoms with Gasteiger partial charge >= 0.3 is 0 Å². The molecule has 26 heavy (non-hydrogen) atoms. The fourth-order valence-electron chi connectivity index (χ4n) is 3.31. The number of Topliss-reactive ketones (excluding diaryl/α,β-unsaturated/α-hetero) is 1. The van der Waals surface area contributed by atoms with Gasteiger partial charge in [0.15, 0.2) is 0 Å². The number of hydrogen-bond acceptors (Lipinski definition) is 4. The van der Waals surface area contributed by atoms with Crippen LogP contribution in [0.25, 0.3) is 0 Å². The molecule has 1 aromatic heterocycles. The maximum absolute atomic E-state index is 10.0. The molecule has 1 N–H and O–H groups in total. The third-order valence-electron chi connectivity index (χ3n) is 4.25. The summed E-state index contributed by atoms with van der Waals surface area (Å²) in [6.45, 7) is 18.7. The van der Waals surface area contributed by atoms with Crippen molar-refractivity contribution in [3.8, 4) is 0 Å². The lowest BCUT2D eigenvalue weighted by molar-refractivity contribution is -0.117. The highest BCUT2D eigenvalue weighted by Gasteiger charge is 2.23. The maximum atomic E-state index is 10.0. The highest BCUT2D eigenvalue weighted by molar-refractivity contribution is 5.75. The van der Waals surface area contributed by atoms with E-state index in [4.69, 9.17) is 0 Å². The van der Waals surface area contributed by atoms with Gasteiger partial charge in [-0.1, -0.05) is 34.1 Å². The van der Waals surface area contributed by atoms with E-state index < -0.39 is 0 Å². The molecule has 0 spiro atoms. The minimum atomic E-state index is 0.289. The molecule has 1 saturated heterocycles. The predicted molar refractivity (Wildman–Crippen MR) is 114 cm³/mol. The molecule has 0 saturated carbocycles. The summed E-state index contributed by atoms with van der Waals surface area (Å²) in [5, 5.41) is 3.59. The molecule has 0 radical (unpaired) electrons. The number of ketones is 1. The van der Waals surface area contributed by atoms with Crippen LogP contribution in [-0.2, 0) is 11.2 Å². The molecule has 2 heterocycles. The van der Waals surface area contributed by atoms with Crippen molar-refractivity contribution < 1.29 is 4.79 Å². The lowest BCUT2D eigenvalue weighted by Gasteiger charge is -2.38. The molecule has 150 valence electrons. The van der Waals surface area contributed by atoms with E-state index >= 15 is 0 Å². The summed E-state index contributed by atoms with van der Waals surface area (Å²) >= 11 is 0. The van der Waals surface area contributed by atoms with Crippen LogP contribution in [0.2, 0.25) is 0 Å². The number of pyridine rings is 1. The Morgan fingerprint density at radius 3 is 2.19 bits per heavy atom. The largest absolute Gasteiger partial charge is 0.368 e. The van der Waals surface area contributed by atoms with E-state index in [1.54, 1.807) is 6.92 Å². The summed E-state index contributed by atoms with van der Waals surface area (Å²) in [6, 6.07) is 3.29. The van der Waals surface area contributed by atoms with Crippen molar-refractivity contribution in [2.45, 2.75) is 93.2 Å². The average Bonchev–Trinajstić information content (AvgIpc) is 2.58. The number of aryl methyl sites for hydroxylation is 1. The first kappa shape index (κ1) is 24.6. The van der Waals surface area contributed by atoms with E-state index in [0.29, 0.717) is 12.1 Å². The van der Waals surface area contributed by atoms with Crippen molar-refractivity contribution in [2.75, 3.05) is 18.0 Å². The average molecular weight is 364 g/mol. The molecule has 0 aliphatic carbocycles. The summed E-state index contributed by atoms with van der Waals surface area (Å²) in [7, 11) is 0. The van der Waals surface area contributed by atoms with Crippen molar-refractivity contribution in [2.24, 2.45) is 0 Å². The van der Waals surface area contributed by atoms with Gasteiger partial charge in [-0.25, -0.2) is 0 Å². The minimum absolute atomic E-state index is 0.289. The standard InChI is InChI=1S/C15H25N3.C5H10O.C2H6/c1-5-6-14-13(4)16-8-7-15(14)18-9-11(2)17-12(3)10-18;1-3-4-5(2)6;1-2/h7-8,11-12,17H,5-6,9-10H2,1-4H3;3-4H2,1-2H3;1-2H3. The van der Waals surface area contributed by atoms with Gasteiger partial charge in [0.05, 0.1) is 0 Å². The second-order valence-corrected chi connectivity index (χ2v) is 6.97. The van der Waals surface area contributed by atoms with Gasteiger partial charge in [-0.2, -0.15) is 0 Å². The normalized spacial score (nSPS) is 19.0. The smallest absolute Gasteiger partial charge is 0.129 e. The Labute approximate surface area is 161 Å². The Hall–Kier alpha value is -1.42. The monoisotopic (exact) mass is 363 g/mol. The quantitative estimate of drug-likeness (QED) is 0.805. The van der Waals surface area contributed by atoms with Crippen molar-refractivity contribution >= 4 is 11.5 Å². The summed E-state index contributed by atoms with van der Waals surface area (Å²) in [5.74, 6) is 0.289. The number of hydrogen-bond donors (Lipinski definition) is 1. The second kappa shape index (κ2) is 13.7. The Morgan fingerprint density at radius 1 is 1.19 bits per heavy atom. The molecule has 1 fully saturated rings. The van der Waals surface area contributed by atoms with Crippen LogP contribution < -0.4 is 10.2 Å². The first-order valence-corrected chi connectivity index (χ1v) is 10.3. The van der Waals surface area contributed by atoms with Crippen LogP contribution in [0.3, 0.4) is 0 Å². The summed E-state index contributed by atoms with van der Waals surface area (Å²) in [6.07, 6.45) is 5.97. The molecule has 0 aromatic carbocycles. The molecular formula is C22H41N3O. The highest BCUT2D eigenvalue weighted by atomic mass is 16.1. The number of nitrogens with one attached hydrogen (secondary N) is 1. The fraction of sp³-hybridized carbons (Fsp3) is 0.727. The predicted octanol–water partition coefficient (Wildman–Crippen LogP) is 4.93. The maximum Gasteiger partial charge on any atom is 0.129 e. The molecule has 2 rings (SSSR count). The zero-order valence-corrected chi connectivity index (χ0v) is 18.4. The van der Waals surface area contributed by atoms with Crippen LogP contribution in [0.4, 0.5) is 5.69 Å². The van der Waals surface area contributed by atoms with E-state index in [1.807, 2.05) is 27.0 Å². The summed E-state index contributed by atoms with van der Waals surface area (Å²) in [5.41, 5.74) is 4.01. The van der Waals surface area contributed by atoms with Gasteiger partial charge in [0.25, 0.3) is 0 Å². The molecule has 2 unspecified atom stereocenters. The van der Waals surface area contributed by atoms with Gasteiger partial charge in [-0.05, 0) is 52.2 Å². The number of rotatable bonds is 5. The third-order valence-corrected chi connectivity index (χ3v) is 4.25.